The maximum absolute atomic E-state index is 13.3. The van der Waals surface area contributed by atoms with E-state index in [0.29, 0.717) is 10.6 Å². The van der Waals surface area contributed by atoms with E-state index in [9.17, 15) is 13.2 Å². The quantitative estimate of drug-likeness (QED) is 0.302. The van der Waals surface area contributed by atoms with Gasteiger partial charge < -0.3 is 5.32 Å². The smallest absolute Gasteiger partial charge is 0.243 e. The van der Waals surface area contributed by atoms with Crippen molar-refractivity contribution < 1.29 is 13.2 Å². The lowest BCUT2D eigenvalue weighted by Gasteiger charge is -2.22. The summed E-state index contributed by atoms with van der Waals surface area (Å²) in [6.07, 6.45) is 0. The monoisotopic (exact) mass is 594 g/mol. The second-order valence-electron chi connectivity index (χ2n) is 6.65. The number of rotatable bonds is 7. The van der Waals surface area contributed by atoms with Crippen molar-refractivity contribution >= 4 is 84.0 Å². The second-order valence-corrected chi connectivity index (χ2v) is 11.2. The van der Waals surface area contributed by atoms with E-state index in [1.165, 1.54) is 24.3 Å². The molecule has 0 atom stereocenters. The Morgan fingerprint density at radius 3 is 2.09 bits per heavy atom. The average Bonchev–Trinajstić information content (AvgIpc) is 2.73. The molecule has 0 bridgehead atoms. The summed E-state index contributed by atoms with van der Waals surface area (Å²) in [5, 5.41) is 3.71. The molecular weight excluding hydrogens is 582 g/mol. The van der Waals surface area contributed by atoms with Gasteiger partial charge in [0.1, 0.15) is 0 Å². The Balaban J connectivity index is 1.89. The van der Waals surface area contributed by atoms with Crippen LogP contribution in [0.3, 0.4) is 0 Å². The lowest BCUT2D eigenvalue weighted by Crippen LogP contribution is -2.37. The van der Waals surface area contributed by atoms with Crippen LogP contribution in [0.15, 0.2) is 70.0 Å². The van der Waals surface area contributed by atoms with Gasteiger partial charge in [0.25, 0.3) is 0 Å². The SMILES string of the molecule is O=C(CN(Cc1ccc(Cl)cc1)S(=O)(=O)c1ccc(Br)cc1)Nc1cc(Cl)c(Cl)cc1Cl. The van der Waals surface area contributed by atoms with Crippen LogP contribution in [-0.4, -0.2) is 25.2 Å². The van der Waals surface area contributed by atoms with Crippen LogP contribution in [0.25, 0.3) is 0 Å². The normalized spacial score (nSPS) is 11.6. The van der Waals surface area contributed by atoms with Gasteiger partial charge in [-0.25, -0.2) is 8.42 Å². The number of benzene rings is 3. The number of amides is 1. The maximum Gasteiger partial charge on any atom is 0.243 e. The number of nitrogens with one attached hydrogen (secondary N) is 1. The summed E-state index contributed by atoms with van der Waals surface area (Å²) in [6, 6.07) is 15.6. The topological polar surface area (TPSA) is 66.5 Å². The third-order valence-electron chi connectivity index (χ3n) is 4.33. The fraction of sp³-hybridized carbons (Fsp3) is 0.0952. The summed E-state index contributed by atoms with van der Waals surface area (Å²) in [6.45, 7) is -0.504. The highest BCUT2D eigenvalue weighted by molar-refractivity contribution is 9.10. The van der Waals surface area contributed by atoms with E-state index >= 15 is 0 Å². The lowest BCUT2D eigenvalue weighted by molar-refractivity contribution is -0.116. The van der Waals surface area contributed by atoms with E-state index in [0.717, 1.165) is 8.78 Å². The van der Waals surface area contributed by atoms with Crippen molar-refractivity contribution in [3.8, 4) is 0 Å². The highest BCUT2D eigenvalue weighted by Crippen LogP contribution is 2.32. The van der Waals surface area contributed by atoms with Crippen molar-refractivity contribution in [2.75, 3.05) is 11.9 Å². The van der Waals surface area contributed by atoms with Crippen LogP contribution in [0, 0.1) is 0 Å². The molecule has 3 rings (SSSR count). The number of halogens is 5. The first kappa shape index (κ1) is 25.3. The largest absolute Gasteiger partial charge is 0.324 e. The highest BCUT2D eigenvalue weighted by atomic mass is 79.9. The van der Waals surface area contributed by atoms with Crippen LogP contribution < -0.4 is 5.32 Å². The molecule has 0 fully saturated rings. The molecule has 0 aliphatic heterocycles. The van der Waals surface area contributed by atoms with Gasteiger partial charge in [-0.3, -0.25) is 4.79 Å². The number of anilines is 1. The number of nitrogens with zero attached hydrogens (tertiary/aromatic N) is 1. The van der Waals surface area contributed by atoms with Gasteiger partial charge in [0.15, 0.2) is 0 Å². The Hall–Kier alpha value is -1.32. The van der Waals surface area contributed by atoms with Gasteiger partial charge in [-0.1, -0.05) is 74.5 Å². The van der Waals surface area contributed by atoms with Crippen molar-refractivity contribution in [3.63, 3.8) is 0 Å². The van der Waals surface area contributed by atoms with Crippen LogP contribution in [0.2, 0.25) is 20.1 Å². The average molecular weight is 597 g/mol. The Kier molecular flexibility index (Phi) is 8.49. The zero-order valence-electron chi connectivity index (χ0n) is 16.2. The van der Waals surface area contributed by atoms with E-state index in [1.54, 1.807) is 36.4 Å². The number of carbonyl (C=O) groups is 1. The predicted molar refractivity (Wildman–Crippen MR) is 133 cm³/mol. The zero-order valence-corrected chi connectivity index (χ0v) is 21.6. The molecule has 0 aliphatic rings. The maximum atomic E-state index is 13.3. The molecule has 0 aromatic heterocycles. The number of sulfonamides is 1. The molecule has 32 heavy (non-hydrogen) atoms. The van der Waals surface area contributed by atoms with Crippen LogP contribution in [-0.2, 0) is 21.4 Å². The van der Waals surface area contributed by atoms with E-state index in [4.69, 9.17) is 46.4 Å². The van der Waals surface area contributed by atoms with E-state index in [1.807, 2.05) is 0 Å². The summed E-state index contributed by atoms with van der Waals surface area (Å²) in [5.74, 6) is -0.597. The van der Waals surface area contributed by atoms with Gasteiger partial charge >= 0.3 is 0 Å². The molecule has 168 valence electrons. The molecule has 0 radical (unpaired) electrons. The molecule has 0 saturated heterocycles. The first-order valence-corrected chi connectivity index (χ1v) is 12.8. The first-order chi connectivity index (χ1) is 15.1. The number of carbonyl (C=O) groups excluding carboxylic acids is 1. The Morgan fingerprint density at radius 2 is 1.47 bits per heavy atom. The first-order valence-electron chi connectivity index (χ1n) is 9.01. The molecule has 0 heterocycles. The molecule has 1 amide bonds. The highest BCUT2D eigenvalue weighted by Gasteiger charge is 2.27. The van der Waals surface area contributed by atoms with E-state index in [2.05, 4.69) is 21.2 Å². The van der Waals surface area contributed by atoms with Crippen LogP contribution in [0.5, 0.6) is 0 Å². The minimum absolute atomic E-state index is 0.0436. The second kappa shape index (κ2) is 10.7. The molecule has 0 saturated carbocycles. The van der Waals surface area contributed by atoms with Crippen molar-refractivity contribution in [2.24, 2.45) is 0 Å². The number of hydrogen-bond donors (Lipinski definition) is 1. The molecule has 5 nitrogen and oxygen atoms in total. The number of hydrogen-bond acceptors (Lipinski definition) is 3. The lowest BCUT2D eigenvalue weighted by atomic mass is 10.2. The van der Waals surface area contributed by atoms with Gasteiger partial charge in [-0.2, -0.15) is 4.31 Å². The van der Waals surface area contributed by atoms with Crippen LogP contribution in [0.4, 0.5) is 5.69 Å². The molecule has 1 N–H and O–H groups in total. The third-order valence-corrected chi connectivity index (χ3v) is 7.95. The molecular formula is C21H15BrCl4N2O3S. The zero-order chi connectivity index (χ0) is 23.5. The minimum Gasteiger partial charge on any atom is -0.324 e. The Bertz CT molecular complexity index is 1240. The summed E-state index contributed by atoms with van der Waals surface area (Å²) < 4.78 is 28.4. The summed E-state index contributed by atoms with van der Waals surface area (Å²) in [4.78, 5) is 12.8. The predicted octanol–water partition coefficient (Wildman–Crippen LogP) is 6.89. The van der Waals surface area contributed by atoms with Crippen molar-refractivity contribution in [1.82, 2.24) is 4.31 Å². The molecule has 0 aliphatic carbocycles. The fourth-order valence-corrected chi connectivity index (χ4v) is 5.11. The molecule has 3 aromatic carbocycles. The molecule has 3 aromatic rings. The third kappa shape index (κ3) is 6.38. The van der Waals surface area contributed by atoms with Gasteiger partial charge in [0, 0.05) is 16.0 Å². The standard InChI is InChI=1S/C21H15BrCl4N2O3S/c22-14-3-7-16(8-4-14)32(30,31)28(11-13-1-5-15(23)6-2-13)12-21(29)27-20-10-18(25)17(24)9-19(20)26/h1-10H,11-12H2,(H,27,29). The van der Waals surface area contributed by atoms with Crippen molar-refractivity contribution in [3.05, 3.63) is 90.8 Å². The molecule has 0 spiro atoms. The van der Waals surface area contributed by atoms with Crippen molar-refractivity contribution in [1.29, 1.82) is 0 Å². The Labute approximate surface area is 214 Å². The molecule has 11 heteroatoms. The van der Waals surface area contributed by atoms with Gasteiger partial charge in [-0.05, 0) is 54.1 Å². The van der Waals surface area contributed by atoms with Gasteiger partial charge in [0.05, 0.1) is 32.2 Å². The minimum atomic E-state index is -4.00. The van der Waals surface area contributed by atoms with E-state index in [-0.39, 0.29) is 32.2 Å². The van der Waals surface area contributed by atoms with Gasteiger partial charge in [0.2, 0.25) is 15.9 Å². The summed E-state index contributed by atoms with van der Waals surface area (Å²) in [5.41, 5.74) is 0.883. The van der Waals surface area contributed by atoms with Crippen LogP contribution >= 0.6 is 62.3 Å². The van der Waals surface area contributed by atoms with Crippen LogP contribution in [0.1, 0.15) is 5.56 Å². The van der Waals surface area contributed by atoms with Crippen molar-refractivity contribution in [2.45, 2.75) is 11.4 Å². The summed E-state index contributed by atoms with van der Waals surface area (Å²) >= 11 is 27.3. The van der Waals surface area contributed by atoms with Gasteiger partial charge in [-0.15, -0.1) is 0 Å². The Morgan fingerprint density at radius 1 is 0.875 bits per heavy atom. The fourth-order valence-electron chi connectivity index (χ4n) is 2.74. The summed E-state index contributed by atoms with van der Waals surface area (Å²) in [7, 11) is -4.00. The molecule has 0 unspecified atom stereocenters. The van der Waals surface area contributed by atoms with E-state index < -0.39 is 22.5 Å².